The van der Waals surface area contributed by atoms with Crippen molar-refractivity contribution in [3.8, 4) is 0 Å². The Hall–Kier alpha value is -1.13. The minimum atomic E-state index is 0.853. The Bertz CT molecular complexity index is 679. The van der Waals surface area contributed by atoms with Crippen LogP contribution in [0.3, 0.4) is 0 Å². The average molecular weight is 330 g/mol. The molecule has 2 aromatic rings. The van der Waals surface area contributed by atoms with Gasteiger partial charge in [-0.25, -0.2) is 4.98 Å². The molecule has 2 heterocycles. The van der Waals surface area contributed by atoms with Gasteiger partial charge < -0.3 is 4.90 Å². The van der Waals surface area contributed by atoms with Crippen molar-refractivity contribution in [1.82, 2.24) is 9.88 Å². The summed E-state index contributed by atoms with van der Waals surface area (Å²) in [5.41, 5.74) is 3.89. The number of hydrogen-bond acceptors (Lipinski definition) is 4. The van der Waals surface area contributed by atoms with Gasteiger partial charge in [-0.05, 0) is 43.9 Å². The number of aryl methyl sites for hydroxylation is 2. The van der Waals surface area contributed by atoms with Gasteiger partial charge in [-0.3, -0.25) is 4.90 Å². The summed E-state index contributed by atoms with van der Waals surface area (Å²) in [6, 6.07) is 5.31. The molecule has 0 spiro atoms. The van der Waals surface area contributed by atoms with Crippen LogP contribution in [0.5, 0.6) is 0 Å². The molecule has 1 aromatic heterocycles. The monoisotopic (exact) mass is 329 g/mol. The first-order chi connectivity index (χ1) is 11.2. The van der Waals surface area contributed by atoms with E-state index in [9.17, 15) is 0 Å². The maximum atomic E-state index is 4.96. The Labute approximate surface area is 143 Å². The zero-order valence-corrected chi connectivity index (χ0v) is 15.2. The zero-order valence-electron chi connectivity index (χ0n) is 14.3. The fourth-order valence-electron chi connectivity index (χ4n) is 4.07. The Balaban J connectivity index is 1.47. The molecule has 1 saturated heterocycles. The van der Waals surface area contributed by atoms with E-state index in [0.717, 1.165) is 19.1 Å². The average Bonchev–Trinajstić information content (AvgIpc) is 3.04. The minimum Gasteiger partial charge on any atom is -0.345 e. The predicted molar refractivity (Wildman–Crippen MR) is 99.8 cm³/mol. The summed E-state index contributed by atoms with van der Waals surface area (Å²) < 4.78 is 1.33. The van der Waals surface area contributed by atoms with Crippen LogP contribution in [0.4, 0.5) is 5.13 Å². The normalized spacial score (nSPS) is 21.2. The molecular formula is C19H27N3S. The molecule has 2 aliphatic rings. The van der Waals surface area contributed by atoms with E-state index in [1.165, 1.54) is 71.7 Å². The van der Waals surface area contributed by atoms with Crippen molar-refractivity contribution in [2.45, 2.75) is 52.0 Å². The lowest BCUT2D eigenvalue weighted by Gasteiger charge is -2.40. The van der Waals surface area contributed by atoms with Gasteiger partial charge in [-0.15, -0.1) is 0 Å². The smallest absolute Gasteiger partial charge is 0.186 e. The van der Waals surface area contributed by atoms with Gasteiger partial charge in [0.1, 0.15) is 0 Å². The van der Waals surface area contributed by atoms with Gasteiger partial charge in [0.15, 0.2) is 5.13 Å². The van der Waals surface area contributed by atoms with Gasteiger partial charge in [0.05, 0.1) is 10.2 Å². The van der Waals surface area contributed by atoms with Crippen LogP contribution in [0.25, 0.3) is 10.2 Å². The van der Waals surface area contributed by atoms with Gasteiger partial charge in [0, 0.05) is 32.2 Å². The molecule has 124 valence electrons. The van der Waals surface area contributed by atoms with E-state index < -0.39 is 0 Å². The van der Waals surface area contributed by atoms with E-state index in [-0.39, 0.29) is 0 Å². The van der Waals surface area contributed by atoms with E-state index in [1.54, 1.807) is 0 Å². The van der Waals surface area contributed by atoms with Crippen molar-refractivity contribution in [1.29, 1.82) is 0 Å². The van der Waals surface area contributed by atoms with Crippen LogP contribution < -0.4 is 4.90 Å². The van der Waals surface area contributed by atoms with Crippen molar-refractivity contribution in [3.05, 3.63) is 23.3 Å². The number of hydrogen-bond donors (Lipinski definition) is 0. The lowest BCUT2D eigenvalue weighted by atomic mass is 9.94. The number of aromatic nitrogens is 1. The summed E-state index contributed by atoms with van der Waals surface area (Å²) in [5.74, 6) is 0. The molecule has 0 atom stereocenters. The van der Waals surface area contributed by atoms with Crippen molar-refractivity contribution < 1.29 is 0 Å². The van der Waals surface area contributed by atoms with Gasteiger partial charge in [0.2, 0.25) is 0 Å². The molecule has 0 radical (unpaired) electrons. The fraction of sp³-hybridized carbons (Fsp3) is 0.632. The number of piperazine rings is 1. The molecule has 1 aliphatic carbocycles. The second kappa shape index (κ2) is 6.40. The number of nitrogens with zero attached hydrogens (tertiary/aromatic N) is 3. The second-order valence-corrected chi connectivity index (χ2v) is 8.17. The molecule has 1 aromatic carbocycles. The third-order valence-corrected chi connectivity index (χ3v) is 6.83. The maximum Gasteiger partial charge on any atom is 0.186 e. The Kier molecular flexibility index (Phi) is 4.29. The summed E-state index contributed by atoms with van der Waals surface area (Å²) in [6.07, 6.45) is 7.14. The van der Waals surface area contributed by atoms with Crippen LogP contribution in [-0.2, 0) is 0 Å². The van der Waals surface area contributed by atoms with Crippen molar-refractivity contribution >= 4 is 26.7 Å². The second-order valence-electron chi connectivity index (χ2n) is 7.17. The molecule has 0 amide bonds. The zero-order chi connectivity index (χ0) is 15.8. The molecule has 3 nitrogen and oxygen atoms in total. The molecule has 1 saturated carbocycles. The Morgan fingerprint density at radius 1 is 1.00 bits per heavy atom. The van der Waals surface area contributed by atoms with Crippen molar-refractivity contribution in [2.75, 3.05) is 31.1 Å². The SMILES string of the molecule is Cc1ccc2sc(N3CCN(C4CCCCC4)CC3)nc2c1C. The van der Waals surface area contributed by atoms with Crippen LogP contribution in [-0.4, -0.2) is 42.1 Å². The molecule has 0 unspecified atom stereocenters. The first-order valence-electron chi connectivity index (χ1n) is 9.08. The number of anilines is 1. The minimum absolute atomic E-state index is 0.853. The van der Waals surface area contributed by atoms with Gasteiger partial charge in [0.25, 0.3) is 0 Å². The van der Waals surface area contributed by atoms with E-state index in [2.05, 4.69) is 35.8 Å². The largest absolute Gasteiger partial charge is 0.345 e. The highest BCUT2D eigenvalue weighted by atomic mass is 32.1. The van der Waals surface area contributed by atoms with Gasteiger partial charge >= 0.3 is 0 Å². The summed E-state index contributed by atoms with van der Waals surface area (Å²) in [6.45, 7) is 9.05. The lowest BCUT2D eigenvalue weighted by molar-refractivity contribution is 0.148. The van der Waals surface area contributed by atoms with E-state index >= 15 is 0 Å². The molecule has 1 aliphatic heterocycles. The standard InChI is InChI=1S/C19H27N3S/c1-14-8-9-17-18(15(14)2)20-19(23-17)22-12-10-21(11-13-22)16-6-4-3-5-7-16/h8-9,16H,3-7,10-13H2,1-2H3. The Morgan fingerprint density at radius 3 is 2.48 bits per heavy atom. The lowest BCUT2D eigenvalue weighted by Crippen LogP contribution is -2.50. The number of thiazole rings is 1. The highest BCUT2D eigenvalue weighted by Gasteiger charge is 2.26. The third-order valence-electron chi connectivity index (χ3n) is 5.75. The van der Waals surface area contributed by atoms with Crippen molar-refractivity contribution in [3.63, 3.8) is 0 Å². The Morgan fingerprint density at radius 2 is 1.74 bits per heavy atom. The highest BCUT2D eigenvalue weighted by molar-refractivity contribution is 7.22. The van der Waals surface area contributed by atoms with E-state index in [1.807, 2.05) is 11.3 Å². The molecular weight excluding hydrogens is 302 g/mol. The van der Waals surface area contributed by atoms with Gasteiger partial charge in [-0.2, -0.15) is 0 Å². The molecule has 0 bridgehead atoms. The van der Waals surface area contributed by atoms with Crippen LogP contribution in [0.1, 0.15) is 43.2 Å². The predicted octanol–water partition coefficient (Wildman–Crippen LogP) is 4.37. The van der Waals surface area contributed by atoms with Crippen LogP contribution in [0.15, 0.2) is 12.1 Å². The van der Waals surface area contributed by atoms with Crippen molar-refractivity contribution in [2.24, 2.45) is 0 Å². The summed E-state index contributed by atoms with van der Waals surface area (Å²) in [7, 11) is 0. The molecule has 0 N–H and O–H groups in total. The topological polar surface area (TPSA) is 19.4 Å². The number of rotatable bonds is 2. The van der Waals surface area contributed by atoms with Crippen LogP contribution >= 0.6 is 11.3 Å². The summed E-state index contributed by atoms with van der Waals surface area (Å²) >= 11 is 1.86. The first kappa shape index (κ1) is 15.4. The molecule has 4 heteroatoms. The first-order valence-corrected chi connectivity index (χ1v) is 9.90. The molecule has 4 rings (SSSR count). The van der Waals surface area contributed by atoms with E-state index in [0.29, 0.717) is 0 Å². The number of benzene rings is 1. The number of fused-ring (bicyclic) bond motifs is 1. The molecule has 23 heavy (non-hydrogen) atoms. The third kappa shape index (κ3) is 2.99. The highest BCUT2D eigenvalue weighted by Crippen LogP contribution is 2.33. The van der Waals surface area contributed by atoms with Crippen LogP contribution in [0, 0.1) is 13.8 Å². The van der Waals surface area contributed by atoms with Crippen LogP contribution in [0.2, 0.25) is 0 Å². The quantitative estimate of drug-likeness (QED) is 0.815. The summed E-state index contributed by atoms with van der Waals surface area (Å²) in [4.78, 5) is 10.2. The van der Waals surface area contributed by atoms with Gasteiger partial charge in [-0.1, -0.05) is 36.7 Å². The fourth-order valence-corrected chi connectivity index (χ4v) is 5.15. The summed E-state index contributed by atoms with van der Waals surface area (Å²) in [5, 5.41) is 1.22. The van der Waals surface area contributed by atoms with E-state index in [4.69, 9.17) is 4.98 Å². The molecule has 2 fully saturated rings. The maximum absolute atomic E-state index is 4.96.